The summed E-state index contributed by atoms with van der Waals surface area (Å²) in [6.07, 6.45) is 0. The average Bonchev–Trinajstić information content (AvgIpc) is 3.41. The molecule has 0 amide bonds. The van der Waals surface area contributed by atoms with Crippen LogP contribution in [0.1, 0.15) is 5.56 Å². The van der Waals surface area contributed by atoms with E-state index in [2.05, 4.69) is 167 Å². The van der Waals surface area contributed by atoms with Crippen molar-refractivity contribution < 1.29 is 0 Å². The second-order valence-electron chi connectivity index (χ2n) is 11.4. The largest absolute Gasteiger partial charge is 0.336 e. The Balaban J connectivity index is 1.24. The lowest BCUT2D eigenvalue weighted by Gasteiger charge is -2.33. The van der Waals surface area contributed by atoms with E-state index in [1.165, 1.54) is 77.5 Å². The van der Waals surface area contributed by atoms with Crippen LogP contribution in [0, 0.1) is 0 Å². The summed E-state index contributed by atoms with van der Waals surface area (Å²) >= 11 is 0. The van der Waals surface area contributed by atoms with Crippen LogP contribution in [0.25, 0.3) is 60.5 Å². The van der Waals surface area contributed by atoms with Gasteiger partial charge in [0.25, 0.3) is 0 Å². The Morgan fingerprint density at radius 3 is 2.05 bits per heavy atom. The van der Waals surface area contributed by atoms with E-state index in [0.717, 1.165) is 6.54 Å². The lowest BCUT2D eigenvalue weighted by molar-refractivity contribution is 0.961. The van der Waals surface area contributed by atoms with Gasteiger partial charge >= 0.3 is 0 Å². The van der Waals surface area contributed by atoms with E-state index in [1.54, 1.807) is 0 Å². The predicted molar refractivity (Wildman–Crippen MR) is 181 cm³/mol. The summed E-state index contributed by atoms with van der Waals surface area (Å²) in [6.45, 7) is 0.867. The number of fused-ring (bicyclic) bond motifs is 7. The van der Waals surface area contributed by atoms with E-state index < -0.39 is 0 Å². The van der Waals surface area contributed by atoms with Crippen LogP contribution in [0.15, 0.2) is 158 Å². The molecule has 2 heterocycles. The molecule has 0 radical (unpaired) electrons. The fourth-order valence-corrected chi connectivity index (χ4v) is 7.00. The molecule has 0 fully saturated rings. The third-order valence-electron chi connectivity index (χ3n) is 9.00. The smallest absolute Gasteiger partial charge is 0.0541 e. The summed E-state index contributed by atoms with van der Waals surface area (Å²) in [5.74, 6) is 0. The Morgan fingerprint density at radius 1 is 0.419 bits per heavy atom. The molecule has 0 unspecified atom stereocenters. The van der Waals surface area contributed by atoms with Crippen molar-refractivity contribution in [3.8, 4) is 27.9 Å². The van der Waals surface area contributed by atoms with Crippen LogP contribution in [0.3, 0.4) is 0 Å². The summed E-state index contributed by atoms with van der Waals surface area (Å²) < 4.78 is 2.43. The fourth-order valence-electron chi connectivity index (χ4n) is 7.00. The first kappa shape index (κ1) is 24.0. The van der Waals surface area contributed by atoms with Gasteiger partial charge in [0.05, 0.1) is 16.7 Å². The minimum Gasteiger partial charge on any atom is -0.336 e. The van der Waals surface area contributed by atoms with E-state index in [1.807, 2.05) is 0 Å². The minimum atomic E-state index is 0.867. The molecule has 0 spiro atoms. The molecular formula is C41H28N2. The summed E-state index contributed by atoms with van der Waals surface area (Å²) in [5.41, 5.74) is 12.5. The maximum Gasteiger partial charge on any atom is 0.0541 e. The highest BCUT2D eigenvalue weighted by molar-refractivity contribution is 6.11. The number of hydrogen-bond donors (Lipinski definition) is 0. The minimum absolute atomic E-state index is 0.867. The van der Waals surface area contributed by atoms with E-state index in [9.17, 15) is 0 Å². The molecule has 0 saturated heterocycles. The van der Waals surface area contributed by atoms with Gasteiger partial charge in [-0.25, -0.2) is 0 Å². The highest BCUT2D eigenvalue weighted by Crippen LogP contribution is 2.45. The number of nitrogens with zero attached hydrogens (tertiary/aromatic N) is 2. The van der Waals surface area contributed by atoms with Crippen LogP contribution in [-0.2, 0) is 6.54 Å². The van der Waals surface area contributed by atoms with Crippen molar-refractivity contribution in [2.24, 2.45) is 0 Å². The second kappa shape index (κ2) is 9.47. The lowest BCUT2D eigenvalue weighted by atomic mass is 9.90. The maximum atomic E-state index is 2.43. The normalized spacial score (nSPS) is 12.5. The van der Waals surface area contributed by atoms with Crippen LogP contribution in [0.5, 0.6) is 0 Å². The van der Waals surface area contributed by atoms with Crippen molar-refractivity contribution in [2.75, 3.05) is 4.90 Å². The number of rotatable bonds is 3. The van der Waals surface area contributed by atoms with Crippen molar-refractivity contribution in [3.05, 3.63) is 163 Å². The zero-order valence-electron chi connectivity index (χ0n) is 23.6. The summed E-state index contributed by atoms with van der Waals surface area (Å²) in [5, 5.41) is 5.05. The van der Waals surface area contributed by atoms with Gasteiger partial charge in [-0.1, -0.05) is 109 Å². The highest BCUT2D eigenvalue weighted by atomic mass is 15.1. The molecule has 0 aliphatic carbocycles. The van der Waals surface area contributed by atoms with Crippen LogP contribution in [-0.4, -0.2) is 4.57 Å². The third kappa shape index (κ3) is 3.73. The van der Waals surface area contributed by atoms with Gasteiger partial charge in [0.1, 0.15) is 0 Å². The van der Waals surface area contributed by atoms with Gasteiger partial charge in [0, 0.05) is 39.6 Å². The Bertz CT molecular complexity index is 2320. The highest BCUT2D eigenvalue weighted by Gasteiger charge is 2.24. The van der Waals surface area contributed by atoms with Crippen LogP contribution in [0.4, 0.5) is 11.4 Å². The van der Waals surface area contributed by atoms with E-state index in [-0.39, 0.29) is 0 Å². The molecule has 1 aliphatic heterocycles. The Kier molecular flexibility index (Phi) is 5.30. The Hall–Kier alpha value is -5.60. The van der Waals surface area contributed by atoms with E-state index >= 15 is 0 Å². The fraction of sp³-hybridized carbons (Fsp3) is 0.0244. The molecule has 2 heteroatoms. The lowest BCUT2D eigenvalue weighted by Crippen LogP contribution is -2.21. The van der Waals surface area contributed by atoms with Crippen molar-refractivity contribution in [3.63, 3.8) is 0 Å². The van der Waals surface area contributed by atoms with Crippen molar-refractivity contribution >= 4 is 44.0 Å². The van der Waals surface area contributed by atoms with Gasteiger partial charge in [-0.05, 0) is 76.2 Å². The van der Waals surface area contributed by atoms with E-state index in [4.69, 9.17) is 0 Å². The number of para-hydroxylation sites is 2. The maximum absolute atomic E-state index is 2.43. The SMILES string of the molecule is c1ccc(N2Cc3ccccc3-c3cc(-c4ccc5c(c4)c4ccccc4n5-c4cccc5ccccc45)ccc32)cc1. The zero-order valence-corrected chi connectivity index (χ0v) is 23.6. The molecule has 202 valence electrons. The predicted octanol–water partition coefficient (Wildman–Crippen LogP) is 10.9. The molecule has 1 aliphatic rings. The summed E-state index contributed by atoms with van der Waals surface area (Å²) in [7, 11) is 0. The molecule has 8 aromatic rings. The van der Waals surface area contributed by atoms with E-state index in [0.29, 0.717) is 0 Å². The topological polar surface area (TPSA) is 8.17 Å². The molecular weight excluding hydrogens is 520 g/mol. The second-order valence-corrected chi connectivity index (χ2v) is 11.4. The number of anilines is 2. The van der Waals surface area contributed by atoms with Crippen LogP contribution >= 0.6 is 0 Å². The average molecular weight is 549 g/mol. The third-order valence-corrected chi connectivity index (χ3v) is 9.00. The first-order chi connectivity index (χ1) is 21.3. The monoisotopic (exact) mass is 548 g/mol. The first-order valence-corrected chi connectivity index (χ1v) is 14.9. The van der Waals surface area contributed by atoms with Crippen molar-refractivity contribution in [1.29, 1.82) is 0 Å². The zero-order chi connectivity index (χ0) is 28.3. The number of hydrogen-bond acceptors (Lipinski definition) is 1. The molecule has 9 rings (SSSR count). The van der Waals surface area contributed by atoms with Crippen molar-refractivity contribution in [2.45, 2.75) is 6.54 Å². The first-order valence-electron chi connectivity index (χ1n) is 14.9. The van der Waals surface area contributed by atoms with Gasteiger partial charge in [-0.15, -0.1) is 0 Å². The van der Waals surface area contributed by atoms with Gasteiger partial charge in [-0.3, -0.25) is 0 Å². The molecule has 0 bridgehead atoms. The molecule has 0 N–H and O–H groups in total. The quantitative estimate of drug-likeness (QED) is 0.213. The van der Waals surface area contributed by atoms with Crippen molar-refractivity contribution in [1.82, 2.24) is 4.57 Å². The molecule has 1 aromatic heterocycles. The van der Waals surface area contributed by atoms with Crippen LogP contribution < -0.4 is 4.90 Å². The molecule has 0 atom stereocenters. The molecule has 7 aromatic carbocycles. The molecule has 2 nitrogen and oxygen atoms in total. The number of benzene rings is 7. The molecule has 43 heavy (non-hydrogen) atoms. The van der Waals surface area contributed by atoms with Gasteiger partial charge in [0.2, 0.25) is 0 Å². The van der Waals surface area contributed by atoms with Gasteiger partial charge in [0.15, 0.2) is 0 Å². The number of aromatic nitrogens is 1. The Morgan fingerprint density at radius 2 is 1.12 bits per heavy atom. The summed E-state index contributed by atoms with van der Waals surface area (Å²) in [6, 6.07) is 57.5. The van der Waals surface area contributed by atoms with Gasteiger partial charge in [-0.2, -0.15) is 0 Å². The standard InChI is InChI=1S/C41H28N2/c1-2-14-32(15-3-1)42-27-31-12-5-6-16-33(31)36-25-29(21-23-38(36)42)30-22-24-41-37(26-30)35-18-8-9-19-40(35)43(41)39-20-10-13-28-11-4-7-17-34(28)39/h1-26H,27H2. The Labute approximate surface area is 250 Å². The van der Waals surface area contributed by atoms with Gasteiger partial charge < -0.3 is 9.47 Å². The summed E-state index contributed by atoms with van der Waals surface area (Å²) in [4.78, 5) is 2.43. The van der Waals surface area contributed by atoms with Crippen LogP contribution in [0.2, 0.25) is 0 Å². The molecule has 0 saturated carbocycles.